The molecule has 8 heteroatoms. The Hall–Kier alpha value is -1.99. The molecule has 2 aromatic heterocycles. The molecule has 24 heavy (non-hydrogen) atoms. The van der Waals surface area contributed by atoms with Crippen LogP contribution < -0.4 is 5.32 Å². The van der Waals surface area contributed by atoms with Crippen LogP contribution in [0, 0.1) is 11.8 Å². The van der Waals surface area contributed by atoms with Crippen LogP contribution in [0.3, 0.4) is 0 Å². The monoisotopic (exact) mass is 352 g/mol. The lowest BCUT2D eigenvalue weighted by molar-refractivity contribution is 0.103. The number of aliphatic hydroxyl groups is 1. The number of hydrogen-bond acceptors (Lipinski definition) is 5. The first-order chi connectivity index (χ1) is 11.5. The number of nitrogens with zero attached hydrogens (tertiary/aromatic N) is 2. The second kappa shape index (κ2) is 6.86. The third kappa shape index (κ3) is 3.14. The van der Waals surface area contributed by atoms with Crippen molar-refractivity contribution in [2.24, 2.45) is 11.8 Å². The largest absolute Gasteiger partial charge is 0.396 e. The molecule has 0 bridgehead atoms. The number of carbonyl (C=O) groups is 1. The first kappa shape index (κ1) is 16.9. The second-order valence-electron chi connectivity index (χ2n) is 6.08. The summed E-state index contributed by atoms with van der Waals surface area (Å²) < 4.78 is 14.4. The van der Waals surface area contributed by atoms with Crippen LogP contribution in [0.4, 0.5) is 10.2 Å². The van der Waals surface area contributed by atoms with E-state index in [9.17, 15) is 14.3 Å². The number of aromatic nitrogens is 3. The molecule has 1 aliphatic carbocycles. The number of anilines is 1. The SMILES string of the molecule is C[C@@H]1[C@@H](CO)C[C@@H](Nc2ncncc2C(=O)c2c[nH]c(Cl)c2)[C@H]1F. The number of ketones is 1. The minimum atomic E-state index is -1.12. The molecule has 1 fully saturated rings. The van der Waals surface area contributed by atoms with Gasteiger partial charge in [-0.25, -0.2) is 14.4 Å². The average Bonchev–Trinajstić information content (AvgIpc) is 3.13. The molecule has 0 radical (unpaired) electrons. The number of H-pyrrole nitrogens is 1. The molecular weight excluding hydrogens is 335 g/mol. The van der Waals surface area contributed by atoms with E-state index in [1.54, 1.807) is 6.92 Å². The molecule has 4 atom stereocenters. The number of alkyl halides is 1. The van der Waals surface area contributed by atoms with Crippen molar-refractivity contribution in [2.45, 2.75) is 25.6 Å². The van der Waals surface area contributed by atoms with Crippen molar-refractivity contribution < 1.29 is 14.3 Å². The summed E-state index contributed by atoms with van der Waals surface area (Å²) in [5.74, 6) is -0.383. The lowest BCUT2D eigenvalue weighted by Gasteiger charge is -2.18. The number of hydrogen-bond donors (Lipinski definition) is 3. The van der Waals surface area contributed by atoms with Crippen molar-refractivity contribution >= 4 is 23.2 Å². The van der Waals surface area contributed by atoms with Crippen LogP contribution in [0.25, 0.3) is 0 Å². The average molecular weight is 353 g/mol. The smallest absolute Gasteiger partial charge is 0.199 e. The molecule has 1 saturated carbocycles. The Bertz CT molecular complexity index is 738. The summed E-state index contributed by atoms with van der Waals surface area (Å²) in [4.78, 5) is 23.3. The molecule has 1 aliphatic rings. The van der Waals surface area contributed by atoms with Crippen molar-refractivity contribution in [3.8, 4) is 0 Å². The van der Waals surface area contributed by atoms with Gasteiger partial charge < -0.3 is 15.4 Å². The Balaban J connectivity index is 1.84. The van der Waals surface area contributed by atoms with Crippen LogP contribution in [-0.2, 0) is 0 Å². The molecule has 3 N–H and O–H groups in total. The fourth-order valence-electron chi connectivity index (χ4n) is 3.12. The minimum Gasteiger partial charge on any atom is -0.396 e. The Morgan fingerprint density at radius 3 is 3.00 bits per heavy atom. The first-order valence-corrected chi connectivity index (χ1v) is 8.09. The predicted molar refractivity (Wildman–Crippen MR) is 87.9 cm³/mol. The summed E-state index contributed by atoms with van der Waals surface area (Å²) in [6.45, 7) is 1.72. The van der Waals surface area contributed by atoms with E-state index in [4.69, 9.17) is 11.6 Å². The summed E-state index contributed by atoms with van der Waals surface area (Å²) >= 11 is 5.81. The molecule has 0 saturated heterocycles. The molecule has 6 nitrogen and oxygen atoms in total. The van der Waals surface area contributed by atoms with E-state index in [-0.39, 0.29) is 35.6 Å². The van der Waals surface area contributed by atoms with Gasteiger partial charge in [0.05, 0.1) is 11.6 Å². The van der Waals surface area contributed by atoms with Gasteiger partial charge in [0.1, 0.15) is 23.5 Å². The molecule has 3 rings (SSSR count). The number of carbonyl (C=O) groups excluding carboxylic acids is 1. The van der Waals surface area contributed by atoms with Gasteiger partial charge in [-0.3, -0.25) is 4.79 Å². The van der Waals surface area contributed by atoms with Gasteiger partial charge >= 0.3 is 0 Å². The van der Waals surface area contributed by atoms with Crippen LogP contribution in [0.2, 0.25) is 5.15 Å². The summed E-state index contributed by atoms with van der Waals surface area (Å²) in [6.07, 6.45) is 3.55. The zero-order valence-electron chi connectivity index (χ0n) is 13.0. The van der Waals surface area contributed by atoms with Gasteiger partial charge in [-0.05, 0) is 24.3 Å². The van der Waals surface area contributed by atoms with Gasteiger partial charge in [0.25, 0.3) is 0 Å². The Morgan fingerprint density at radius 1 is 1.58 bits per heavy atom. The molecular formula is C16H18ClFN4O2. The molecule has 0 aromatic carbocycles. The fourth-order valence-corrected chi connectivity index (χ4v) is 3.29. The van der Waals surface area contributed by atoms with Gasteiger partial charge in [0.15, 0.2) is 5.78 Å². The molecule has 2 heterocycles. The van der Waals surface area contributed by atoms with Gasteiger partial charge in [0, 0.05) is 24.6 Å². The van der Waals surface area contributed by atoms with E-state index in [1.165, 1.54) is 24.8 Å². The van der Waals surface area contributed by atoms with E-state index in [2.05, 4.69) is 20.3 Å². The highest BCUT2D eigenvalue weighted by Gasteiger charge is 2.41. The van der Waals surface area contributed by atoms with Crippen molar-refractivity contribution in [1.29, 1.82) is 0 Å². The molecule has 2 aromatic rings. The second-order valence-corrected chi connectivity index (χ2v) is 6.49. The summed E-state index contributed by atoms with van der Waals surface area (Å²) in [5, 5.41) is 12.7. The van der Waals surface area contributed by atoms with Crippen LogP contribution in [0.1, 0.15) is 29.3 Å². The maximum atomic E-state index is 14.4. The number of aromatic amines is 1. The van der Waals surface area contributed by atoms with Crippen molar-refractivity contribution in [3.63, 3.8) is 0 Å². The van der Waals surface area contributed by atoms with Crippen LogP contribution in [0.15, 0.2) is 24.8 Å². The zero-order chi connectivity index (χ0) is 17.3. The topological polar surface area (TPSA) is 90.9 Å². The lowest BCUT2D eigenvalue weighted by Crippen LogP contribution is -2.29. The van der Waals surface area contributed by atoms with Crippen LogP contribution in [0.5, 0.6) is 0 Å². The summed E-state index contributed by atoms with van der Waals surface area (Å²) in [6, 6.07) is 1.01. The van der Waals surface area contributed by atoms with Crippen molar-refractivity contribution in [2.75, 3.05) is 11.9 Å². The highest BCUT2D eigenvalue weighted by Crippen LogP contribution is 2.36. The first-order valence-electron chi connectivity index (χ1n) is 7.71. The number of halogens is 2. The standard InChI is InChI=1S/C16H18ClFN4O2/c1-8-10(6-23)2-12(14(8)18)22-16-11(5-19-7-21-16)15(24)9-3-13(17)20-4-9/h3-5,7-8,10,12,14,20,23H,2,6H2,1H3,(H,19,21,22)/t8-,10-,12-,14+/m1/s1. The molecule has 0 unspecified atom stereocenters. The van der Waals surface area contributed by atoms with Crippen molar-refractivity contribution in [1.82, 2.24) is 15.0 Å². The van der Waals surface area contributed by atoms with Gasteiger partial charge in [-0.1, -0.05) is 18.5 Å². The highest BCUT2D eigenvalue weighted by molar-refractivity contribution is 6.30. The van der Waals surface area contributed by atoms with Gasteiger partial charge in [-0.2, -0.15) is 0 Å². The maximum Gasteiger partial charge on any atom is 0.199 e. The number of aliphatic hydroxyl groups excluding tert-OH is 1. The van der Waals surface area contributed by atoms with E-state index in [1.807, 2.05) is 0 Å². The predicted octanol–water partition coefficient (Wildman–Crippen LogP) is 2.46. The van der Waals surface area contributed by atoms with Crippen molar-refractivity contribution in [3.05, 3.63) is 41.1 Å². The Morgan fingerprint density at radius 2 is 2.38 bits per heavy atom. The Kier molecular flexibility index (Phi) is 4.82. The number of rotatable bonds is 5. The van der Waals surface area contributed by atoms with E-state index >= 15 is 0 Å². The molecule has 0 aliphatic heterocycles. The van der Waals surface area contributed by atoms with E-state index < -0.39 is 12.2 Å². The molecule has 128 valence electrons. The van der Waals surface area contributed by atoms with E-state index in [0.717, 1.165) is 0 Å². The quantitative estimate of drug-likeness (QED) is 0.719. The Labute approximate surface area is 143 Å². The fraction of sp³-hybridized carbons (Fsp3) is 0.438. The number of nitrogens with one attached hydrogen (secondary N) is 2. The minimum absolute atomic E-state index is 0.0584. The third-order valence-corrected chi connectivity index (χ3v) is 4.83. The van der Waals surface area contributed by atoms with Crippen LogP contribution in [-0.4, -0.2) is 44.7 Å². The highest BCUT2D eigenvalue weighted by atomic mass is 35.5. The van der Waals surface area contributed by atoms with E-state index in [0.29, 0.717) is 17.1 Å². The third-order valence-electron chi connectivity index (χ3n) is 4.61. The van der Waals surface area contributed by atoms with Gasteiger partial charge in [-0.15, -0.1) is 0 Å². The molecule has 0 spiro atoms. The zero-order valence-corrected chi connectivity index (χ0v) is 13.8. The van der Waals surface area contributed by atoms with Gasteiger partial charge in [0.2, 0.25) is 0 Å². The molecule has 0 amide bonds. The summed E-state index contributed by atoms with van der Waals surface area (Å²) in [5.41, 5.74) is 0.628. The summed E-state index contributed by atoms with van der Waals surface area (Å²) in [7, 11) is 0. The lowest BCUT2D eigenvalue weighted by atomic mass is 9.99. The normalized spacial score (nSPS) is 26.5. The van der Waals surface area contributed by atoms with Crippen LogP contribution >= 0.6 is 11.6 Å². The maximum absolute atomic E-state index is 14.4.